The third-order valence-electron chi connectivity index (χ3n) is 2.88. The Morgan fingerprint density at radius 3 is 2.94 bits per heavy atom. The van der Waals surface area contributed by atoms with Gasteiger partial charge in [-0.2, -0.15) is 5.10 Å². The summed E-state index contributed by atoms with van der Waals surface area (Å²) in [5, 5.41) is 6.47. The van der Waals surface area contributed by atoms with Crippen molar-refractivity contribution in [3.63, 3.8) is 0 Å². The van der Waals surface area contributed by atoms with Crippen LogP contribution in [0.5, 0.6) is 0 Å². The fourth-order valence-electron chi connectivity index (χ4n) is 1.77. The van der Waals surface area contributed by atoms with E-state index in [9.17, 15) is 4.79 Å². The third-order valence-corrected chi connectivity index (χ3v) is 2.88. The summed E-state index contributed by atoms with van der Waals surface area (Å²) in [6, 6.07) is 0.418. The van der Waals surface area contributed by atoms with E-state index in [1.54, 1.807) is 0 Å². The van der Waals surface area contributed by atoms with Crippen LogP contribution >= 0.6 is 0 Å². The largest absolute Gasteiger partial charge is 0.396 e. The summed E-state index contributed by atoms with van der Waals surface area (Å²) in [4.78, 5) is 14.1. The van der Waals surface area contributed by atoms with E-state index in [-0.39, 0.29) is 5.91 Å². The van der Waals surface area contributed by atoms with E-state index in [0.29, 0.717) is 17.4 Å². The molecule has 1 amide bonds. The minimum Gasteiger partial charge on any atom is -0.396 e. The first-order valence-corrected chi connectivity index (χ1v) is 5.83. The zero-order chi connectivity index (χ0) is 11.5. The molecule has 1 fully saturated rings. The van der Waals surface area contributed by atoms with Gasteiger partial charge in [0.2, 0.25) is 0 Å². The molecule has 1 aliphatic carbocycles. The summed E-state index contributed by atoms with van der Waals surface area (Å²) in [7, 11) is 0. The van der Waals surface area contributed by atoms with E-state index in [1.165, 1.54) is 6.20 Å². The highest BCUT2D eigenvalue weighted by Gasteiger charge is 2.33. The van der Waals surface area contributed by atoms with Crippen LogP contribution in [0.4, 0.5) is 5.69 Å². The normalized spacial score (nSPS) is 15.1. The summed E-state index contributed by atoms with van der Waals surface area (Å²) in [5.41, 5.74) is 6.56. The van der Waals surface area contributed by atoms with Crippen molar-refractivity contribution in [2.45, 2.75) is 38.6 Å². The number of aromatic amines is 1. The molecular weight excluding hydrogens is 204 g/mol. The molecule has 1 aromatic heterocycles. The molecule has 0 aliphatic heterocycles. The number of rotatable bonds is 5. The van der Waals surface area contributed by atoms with E-state index in [2.05, 4.69) is 17.1 Å². The number of hydrogen-bond acceptors (Lipinski definition) is 3. The number of anilines is 1. The average molecular weight is 222 g/mol. The van der Waals surface area contributed by atoms with E-state index in [1.807, 2.05) is 4.90 Å². The van der Waals surface area contributed by atoms with Gasteiger partial charge in [-0.25, -0.2) is 0 Å². The van der Waals surface area contributed by atoms with Crippen molar-refractivity contribution in [2.24, 2.45) is 0 Å². The summed E-state index contributed by atoms with van der Waals surface area (Å²) >= 11 is 0. The number of nitrogens with zero attached hydrogens (tertiary/aromatic N) is 2. The SMILES string of the molecule is CCCCN(C(=O)c1[nH]ncc1N)C1CC1. The predicted molar refractivity (Wildman–Crippen MR) is 62.0 cm³/mol. The number of H-pyrrole nitrogens is 1. The molecule has 0 radical (unpaired) electrons. The van der Waals surface area contributed by atoms with Gasteiger partial charge in [0.25, 0.3) is 5.91 Å². The Labute approximate surface area is 95.0 Å². The average Bonchev–Trinajstić information content (AvgIpc) is 3.01. The number of aromatic nitrogens is 2. The maximum atomic E-state index is 12.2. The minimum atomic E-state index is -0.00838. The topological polar surface area (TPSA) is 75.0 Å². The molecule has 0 atom stereocenters. The number of hydrogen-bond donors (Lipinski definition) is 2. The number of unbranched alkanes of at least 4 members (excludes halogenated alkanes) is 1. The van der Waals surface area contributed by atoms with Crippen LogP contribution in [0.2, 0.25) is 0 Å². The molecule has 5 heteroatoms. The zero-order valence-electron chi connectivity index (χ0n) is 9.57. The highest BCUT2D eigenvalue weighted by Crippen LogP contribution is 2.29. The molecule has 1 heterocycles. The monoisotopic (exact) mass is 222 g/mol. The van der Waals surface area contributed by atoms with Crippen LogP contribution in [0.25, 0.3) is 0 Å². The van der Waals surface area contributed by atoms with Crippen LogP contribution in [0.3, 0.4) is 0 Å². The molecule has 0 saturated heterocycles. The number of nitrogens with two attached hydrogens (primary N) is 1. The van der Waals surface area contributed by atoms with Crippen molar-refractivity contribution in [3.05, 3.63) is 11.9 Å². The minimum absolute atomic E-state index is 0.00838. The van der Waals surface area contributed by atoms with Crippen LogP contribution < -0.4 is 5.73 Å². The van der Waals surface area contributed by atoms with Gasteiger partial charge < -0.3 is 10.6 Å². The van der Waals surface area contributed by atoms with Crippen LogP contribution in [-0.2, 0) is 0 Å². The number of amides is 1. The molecule has 3 N–H and O–H groups in total. The molecule has 16 heavy (non-hydrogen) atoms. The fraction of sp³-hybridized carbons (Fsp3) is 0.636. The smallest absolute Gasteiger partial charge is 0.274 e. The van der Waals surface area contributed by atoms with Crippen molar-refractivity contribution < 1.29 is 4.79 Å². The van der Waals surface area contributed by atoms with Gasteiger partial charge in [0.1, 0.15) is 5.69 Å². The van der Waals surface area contributed by atoms with Crippen molar-refractivity contribution in [3.8, 4) is 0 Å². The predicted octanol–water partition coefficient (Wildman–Crippen LogP) is 1.40. The Hall–Kier alpha value is -1.52. The van der Waals surface area contributed by atoms with E-state index in [4.69, 9.17) is 5.73 Å². The van der Waals surface area contributed by atoms with Crippen molar-refractivity contribution >= 4 is 11.6 Å². The second-order valence-electron chi connectivity index (χ2n) is 4.28. The zero-order valence-corrected chi connectivity index (χ0v) is 9.57. The molecule has 1 aromatic rings. The lowest BCUT2D eigenvalue weighted by atomic mass is 10.2. The van der Waals surface area contributed by atoms with Gasteiger partial charge in [0.05, 0.1) is 11.9 Å². The van der Waals surface area contributed by atoms with E-state index >= 15 is 0 Å². The maximum Gasteiger partial charge on any atom is 0.274 e. The lowest BCUT2D eigenvalue weighted by molar-refractivity contribution is 0.0736. The van der Waals surface area contributed by atoms with Gasteiger partial charge in [-0.3, -0.25) is 9.89 Å². The van der Waals surface area contributed by atoms with Gasteiger partial charge in [-0.05, 0) is 19.3 Å². The van der Waals surface area contributed by atoms with Crippen molar-refractivity contribution in [1.82, 2.24) is 15.1 Å². The van der Waals surface area contributed by atoms with E-state index < -0.39 is 0 Å². The molecule has 0 spiro atoms. The Morgan fingerprint density at radius 1 is 1.69 bits per heavy atom. The molecule has 0 aromatic carbocycles. The lowest BCUT2D eigenvalue weighted by Gasteiger charge is -2.21. The summed E-state index contributed by atoms with van der Waals surface area (Å²) < 4.78 is 0. The quantitative estimate of drug-likeness (QED) is 0.790. The van der Waals surface area contributed by atoms with Crippen molar-refractivity contribution in [2.75, 3.05) is 12.3 Å². The van der Waals surface area contributed by atoms with Crippen LogP contribution in [0.15, 0.2) is 6.20 Å². The first kappa shape index (κ1) is 11.0. The first-order chi connectivity index (χ1) is 7.74. The van der Waals surface area contributed by atoms with Crippen LogP contribution in [-0.4, -0.2) is 33.6 Å². The van der Waals surface area contributed by atoms with Gasteiger partial charge in [0, 0.05) is 12.6 Å². The first-order valence-electron chi connectivity index (χ1n) is 5.83. The Morgan fingerprint density at radius 2 is 2.44 bits per heavy atom. The molecule has 0 bridgehead atoms. The standard InChI is InChI=1S/C11H18N4O/c1-2-3-6-15(8-4-5-8)11(16)10-9(12)7-13-14-10/h7-8H,2-6,12H2,1H3,(H,13,14). The fourth-order valence-corrected chi connectivity index (χ4v) is 1.77. The summed E-state index contributed by atoms with van der Waals surface area (Å²) in [5.74, 6) is -0.00838. The number of nitrogen functional groups attached to an aromatic ring is 1. The van der Waals surface area contributed by atoms with Gasteiger partial charge in [-0.15, -0.1) is 0 Å². The lowest BCUT2D eigenvalue weighted by Crippen LogP contribution is -2.34. The molecule has 2 rings (SSSR count). The van der Waals surface area contributed by atoms with Gasteiger partial charge in [-0.1, -0.05) is 13.3 Å². The summed E-state index contributed by atoms with van der Waals surface area (Å²) in [6.07, 6.45) is 5.84. The Balaban J connectivity index is 2.08. The molecule has 1 aliphatic rings. The third kappa shape index (κ3) is 2.18. The van der Waals surface area contributed by atoms with E-state index in [0.717, 1.165) is 32.2 Å². The molecule has 0 unspecified atom stereocenters. The number of nitrogens with one attached hydrogen (secondary N) is 1. The molecule has 5 nitrogen and oxygen atoms in total. The van der Waals surface area contributed by atoms with Gasteiger partial charge >= 0.3 is 0 Å². The maximum absolute atomic E-state index is 12.2. The molecular formula is C11H18N4O. The van der Waals surface area contributed by atoms with Crippen LogP contribution in [0.1, 0.15) is 43.1 Å². The molecule has 88 valence electrons. The molecule has 1 saturated carbocycles. The highest BCUT2D eigenvalue weighted by molar-refractivity contribution is 5.97. The number of carbonyl (C=O) groups excluding carboxylic acids is 1. The summed E-state index contributed by atoms with van der Waals surface area (Å²) in [6.45, 7) is 2.94. The highest BCUT2D eigenvalue weighted by atomic mass is 16.2. The van der Waals surface area contributed by atoms with Crippen molar-refractivity contribution in [1.29, 1.82) is 0 Å². The number of carbonyl (C=O) groups is 1. The van der Waals surface area contributed by atoms with Gasteiger partial charge in [0.15, 0.2) is 0 Å². The Kier molecular flexibility index (Phi) is 3.12. The Bertz CT molecular complexity index is 370. The second-order valence-corrected chi connectivity index (χ2v) is 4.28. The van der Waals surface area contributed by atoms with Crippen LogP contribution in [0, 0.1) is 0 Å². The second kappa shape index (κ2) is 4.55.